The molecule has 0 radical (unpaired) electrons. The van der Waals surface area contributed by atoms with Gasteiger partial charge in [-0.3, -0.25) is 14.6 Å². The predicted octanol–water partition coefficient (Wildman–Crippen LogP) is 2.47. The number of alkyl carbamates (subject to hydrolysis) is 1. The quantitative estimate of drug-likeness (QED) is 0.709. The molecule has 0 atom stereocenters. The van der Waals surface area contributed by atoms with Crippen LogP contribution in [0.2, 0.25) is 0 Å². The van der Waals surface area contributed by atoms with E-state index in [1.807, 2.05) is 6.07 Å². The lowest BCUT2D eigenvalue weighted by Gasteiger charge is -2.19. The van der Waals surface area contributed by atoms with Crippen LogP contribution in [-0.2, 0) is 16.1 Å². The lowest BCUT2D eigenvalue weighted by molar-refractivity contribution is -0.120. The van der Waals surface area contributed by atoms with Gasteiger partial charge in [0.25, 0.3) is 5.91 Å². The van der Waals surface area contributed by atoms with Crippen LogP contribution in [-0.4, -0.2) is 35.0 Å². The Hall–Kier alpha value is -3.42. The van der Waals surface area contributed by atoms with Crippen molar-refractivity contribution in [3.8, 4) is 0 Å². The van der Waals surface area contributed by atoms with Gasteiger partial charge in [0.15, 0.2) is 0 Å². The van der Waals surface area contributed by atoms with Crippen LogP contribution in [0, 0.1) is 0 Å². The second-order valence-electron chi connectivity index (χ2n) is 7.00. The molecule has 0 aliphatic carbocycles. The topological polar surface area (TPSA) is 109 Å². The zero-order chi connectivity index (χ0) is 20.6. The van der Waals surface area contributed by atoms with Gasteiger partial charge in [0.05, 0.1) is 0 Å². The summed E-state index contributed by atoms with van der Waals surface area (Å²) in [6, 6.07) is 12.2. The fourth-order valence-corrected chi connectivity index (χ4v) is 2.18. The Morgan fingerprint density at radius 3 is 2.50 bits per heavy atom. The number of nitrogens with one attached hydrogen (secondary N) is 3. The normalized spacial score (nSPS) is 10.7. The van der Waals surface area contributed by atoms with Crippen molar-refractivity contribution in [3.63, 3.8) is 0 Å². The molecule has 0 saturated carbocycles. The molecule has 2 rings (SSSR count). The smallest absolute Gasteiger partial charge is 0.408 e. The number of pyridine rings is 1. The van der Waals surface area contributed by atoms with Crippen molar-refractivity contribution in [1.29, 1.82) is 0 Å². The Labute approximate surface area is 163 Å². The molecule has 1 aromatic carbocycles. The van der Waals surface area contributed by atoms with Crippen LogP contribution in [0.3, 0.4) is 0 Å². The largest absolute Gasteiger partial charge is 0.444 e. The summed E-state index contributed by atoms with van der Waals surface area (Å²) in [6.07, 6.45) is 0.897. The van der Waals surface area contributed by atoms with E-state index in [1.54, 1.807) is 63.4 Å². The Morgan fingerprint density at radius 1 is 1.04 bits per heavy atom. The molecule has 1 aromatic heterocycles. The Balaban J connectivity index is 1.81. The second-order valence-corrected chi connectivity index (χ2v) is 7.00. The first kappa shape index (κ1) is 20.9. The van der Waals surface area contributed by atoms with Gasteiger partial charge in [-0.1, -0.05) is 18.2 Å². The molecular formula is C20H24N4O4. The van der Waals surface area contributed by atoms with Gasteiger partial charge in [-0.25, -0.2) is 4.79 Å². The van der Waals surface area contributed by atoms with Crippen molar-refractivity contribution >= 4 is 23.6 Å². The minimum atomic E-state index is -0.651. The van der Waals surface area contributed by atoms with Crippen molar-refractivity contribution in [2.45, 2.75) is 32.9 Å². The molecule has 0 unspecified atom stereocenters. The molecule has 0 bridgehead atoms. The number of rotatable bonds is 6. The maximum atomic E-state index is 12.1. The fraction of sp³-hybridized carbons (Fsp3) is 0.300. The molecule has 0 saturated heterocycles. The van der Waals surface area contributed by atoms with Gasteiger partial charge in [-0.05, 0) is 50.6 Å². The number of carbonyl (C=O) groups is 3. The lowest BCUT2D eigenvalue weighted by atomic mass is 10.2. The SMILES string of the molecule is CC(C)(C)OC(=O)NCC(=O)NCc1cccc(NC(=O)c2ccccn2)c1. The second kappa shape index (κ2) is 9.50. The first-order chi connectivity index (χ1) is 13.2. The van der Waals surface area contributed by atoms with Crippen molar-refractivity contribution in [1.82, 2.24) is 15.6 Å². The maximum absolute atomic E-state index is 12.1. The Kier molecular flexibility index (Phi) is 7.08. The standard InChI is InChI=1S/C20H24N4O4/c1-20(2,3)28-19(27)23-13-17(25)22-12-14-7-6-8-15(11-14)24-18(26)16-9-4-5-10-21-16/h4-11H,12-13H2,1-3H3,(H,22,25)(H,23,27)(H,24,26). The van der Waals surface area contributed by atoms with Gasteiger partial charge in [-0.2, -0.15) is 0 Å². The average molecular weight is 384 g/mol. The molecule has 0 aliphatic heterocycles. The third-order valence-corrected chi connectivity index (χ3v) is 3.36. The van der Waals surface area contributed by atoms with E-state index in [1.165, 1.54) is 0 Å². The third kappa shape index (κ3) is 7.45. The van der Waals surface area contributed by atoms with E-state index in [-0.39, 0.29) is 24.9 Å². The molecule has 2 aromatic rings. The van der Waals surface area contributed by atoms with Gasteiger partial charge < -0.3 is 20.7 Å². The molecule has 148 valence electrons. The van der Waals surface area contributed by atoms with Crippen LogP contribution in [0.5, 0.6) is 0 Å². The molecule has 3 N–H and O–H groups in total. The van der Waals surface area contributed by atoms with Crippen molar-refractivity contribution in [2.75, 3.05) is 11.9 Å². The summed E-state index contributed by atoms with van der Waals surface area (Å²) in [7, 11) is 0. The molecule has 3 amide bonds. The van der Waals surface area contributed by atoms with E-state index in [0.29, 0.717) is 11.4 Å². The first-order valence-corrected chi connectivity index (χ1v) is 8.78. The summed E-state index contributed by atoms with van der Waals surface area (Å²) in [5, 5.41) is 7.85. The molecule has 28 heavy (non-hydrogen) atoms. The van der Waals surface area contributed by atoms with Gasteiger partial charge in [0.1, 0.15) is 17.8 Å². The maximum Gasteiger partial charge on any atom is 0.408 e. The zero-order valence-corrected chi connectivity index (χ0v) is 16.1. The molecular weight excluding hydrogens is 360 g/mol. The van der Waals surface area contributed by atoms with Crippen molar-refractivity contribution in [3.05, 3.63) is 59.9 Å². The molecule has 0 spiro atoms. The number of hydrogen-bond donors (Lipinski definition) is 3. The van der Waals surface area contributed by atoms with Crippen molar-refractivity contribution in [2.24, 2.45) is 0 Å². The van der Waals surface area contributed by atoms with Crippen LogP contribution in [0.15, 0.2) is 48.7 Å². The highest BCUT2D eigenvalue weighted by Gasteiger charge is 2.16. The van der Waals surface area contributed by atoms with Crippen LogP contribution >= 0.6 is 0 Å². The van der Waals surface area contributed by atoms with E-state index in [0.717, 1.165) is 5.56 Å². The molecule has 8 heteroatoms. The van der Waals surface area contributed by atoms with Crippen LogP contribution in [0.4, 0.5) is 10.5 Å². The average Bonchev–Trinajstić information content (AvgIpc) is 2.64. The van der Waals surface area contributed by atoms with Crippen LogP contribution in [0.25, 0.3) is 0 Å². The van der Waals surface area contributed by atoms with E-state index >= 15 is 0 Å². The van der Waals surface area contributed by atoms with Gasteiger partial charge in [0.2, 0.25) is 5.91 Å². The highest BCUT2D eigenvalue weighted by atomic mass is 16.6. The summed E-state index contributed by atoms with van der Waals surface area (Å²) in [6.45, 7) is 5.29. The number of hydrogen-bond acceptors (Lipinski definition) is 5. The van der Waals surface area contributed by atoms with E-state index < -0.39 is 11.7 Å². The summed E-state index contributed by atoms with van der Waals surface area (Å²) in [4.78, 5) is 39.6. The lowest BCUT2D eigenvalue weighted by Crippen LogP contribution is -2.39. The predicted molar refractivity (Wildman–Crippen MR) is 105 cm³/mol. The molecule has 0 fully saturated rings. The number of benzene rings is 1. The van der Waals surface area contributed by atoms with Gasteiger partial charge in [0, 0.05) is 18.4 Å². The van der Waals surface area contributed by atoms with Gasteiger partial charge >= 0.3 is 6.09 Å². The van der Waals surface area contributed by atoms with E-state index in [2.05, 4.69) is 20.9 Å². The molecule has 8 nitrogen and oxygen atoms in total. The number of anilines is 1. The number of ether oxygens (including phenoxy) is 1. The van der Waals surface area contributed by atoms with E-state index in [9.17, 15) is 14.4 Å². The summed E-state index contributed by atoms with van der Waals surface area (Å²) in [5.74, 6) is -0.669. The van der Waals surface area contributed by atoms with Crippen molar-refractivity contribution < 1.29 is 19.1 Å². The highest BCUT2D eigenvalue weighted by molar-refractivity contribution is 6.02. The van der Waals surface area contributed by atoms with Crippen LogP contribution < -0.4 is 16.0 Å². The number of aromatic nitrogens is 1. The summed E-state index contributed by atoms with van der Waals surface area (Å²) >= 11 is 0. The first-order valence-electron chi connectivity index (χ1n) is 8.78. The van der Waals surface area contributed by atoms with Gasteiger partial charge in [-0.15, -0.1) is 0 Å². The zero-order valence-electron chi connectivity index (χ0n) is 16.1. The summed E-state index contributed by atoms with van der Waals surface area (Å²) < 4.78 is 5.06. The third-order valence-electron chi connectivity index (χ3n) is 3.36. The number of amides is 3. The van der Waals surface area contributed by atoms with Crippen LogP contribution in [0.1, 0.15) is 36.8 Å². The highest BCUT2D eigenvalue weighted by Crippen LogP contribution is 2.12. The molecule has 1 heterocycles. The number of nitrogens with zero attached hydrogens (tertiary/aromatic N) is 1. The minimum absolute atomic E-state index is 0.189. The minimum Gasteiger partial charge on any atom is -0.444 e. The molecule has 0 aliphatic rings. The Morgan fingerprint density at radius 2 is 1.82 bits per heavy atom. The Bertz CT molecular complexity index is 832. The fourth-order valence-electron chi connectivity index (χ4n) is 2.18. The number of carbonyl (C=O) groups excluding carboxylic acids is 3. The van der Waals surface area contributed by atoms with E-state index in [4.69, 9.17) is 4.74 Å². The monoisotopic (exact) mass is 384 g/mol. The summed E-state index contributed by atoms with van der Waals surface area (Å²) in [5.41, 5.74) is 1.08.